The second kappa shape index (κ2) is 6.84. The smallest absolute Gasteiger partial charge is 0.266 e. The van der Waals surface area contributed by atoms with Gasteiger partial charge in [0.15, 0.2) is 11.6 Å². The SMILES string of the molecule is Cc1cccc(NC(=O)/C(C#N)=C\c2cccc(F)c2F)c1C. The van der Waals surface area contributed by atoms with Crippen molar-refractivity contribution >= 4 is 17.7 Å². The van der Waals surface area contributed by atoms with Crippen molar-refractivity contribution in [1.29, 1.82) is 5.26 Å². The van der Waals surface area contributed by atoms with Crippen LogP contribution in [0.5, 0.6) is 0 Å². The quantitative estimate of drug-likeness (QED) is 0.684. The number of hydrogen-bond acceptors (Lipinski definition) is 2. The Labute approximate surface area is 132 Å². The molecule has 0 fully saturated rings. The summed E-state index contributed by atoms with van der Waals surface area (Å²) in [5.41, 5.74) is 1.96. The van der Waals surface area contributed by atoms with Crippen LogP contribution in [-0.4, -0.2) is 5.91 Å². The zero-order chi connectivity index (χ0) is 17.0. The van der Waals surface area contributed by atoms with Gasteiger partial charge in [0.1, 0.15) is 11.6 Å². The molecule has 0 aliphatic heterocycles. The van der Waals surface area contributed by atoms with Gasteiger partial charge in [-0.15, -0.1) is 0 Å². The highest BCUT2D eigenvalue weighted by Crippen LogP contribution is 2.20. The maximum atomic E-state index is 13.6. The molecule has 116 valence electrons. The Bertz CT molecular complexity index is 835. The standard InChI is InChI=1S/C18H14F2N2O/c1-11-5-3-8-16(12(11)2)22-18(23)14(10-21)9-13-6-4-7-15(19)17(13)20/h3-9H,1-2H3,(H,22,23)/b14-9-. The van der Waals surface area contributed by atoms with Gasteiger partial charge in [-0.3, -0.25) is 4.79 Å². The van der Waals surface area contributed by atoms with Crippen molar-refractivity contribution in [2.24, 2.45) is 0 Å². The largest absolute Gasteiger partial charge is 0.321 e. The number of aryl methyl sites for hydroxylation is 1. The van der Waals surface area contributed by atoms with Gasteiger partial charge >= 0.3 is 0 Å². The monoisotopic (exact) mass is 312 g/mol. The van der Waals surface area contributed by atoms with Gasteiger partial charge in [0.05, 0.1) is 0 Å². The van der Waals surface area contributed by atoms with Gasteiger partial charge in [0.2, 0.25) is 0 Å². The number of benzene rings is 2. The first-order chi connectivity index (χ1) is 10.9. The lowest BCUT2D eigenvalue weighted by Crippen LogP contribution is -2.14. The molecule has 2 rings (SSSR count). The van der Waals surface area contributed by atoms with Crippen LogP contribution in [0.3, 0.4) is 0 Å². The van der Waals surface area contributed by atoms with Crippen molar-refractivity contribution in [3.63, 3.8) is 0 Å². The lowest BCUT2D eigenvalue weighted by atomic mass is 10.1. The lowest BCUT2D eigenvalue weighted by molar-refractivity contribution is -0.112. The normalized spacial score (nSPS) is 11.0. The van der Waals surface area contributed by atoms with E-state index < -0.39 is 17.5 Å². The van der Waals surface area contributed by atoms with Gasteiger partial charge in [-0.1, -0.05) is 24.3 Å². The summed E-state index contributed by atoms with van der Waals surface area (Å²) in [5, 5.41) is 11.7. The number of carbonyl (C=O) groups is 1. The van der Waals surface area contributed by atoms with Crippen LogP contribution in [0.25, 0.3) is 6.08 Å². The van der Waals surface area contributed by atoms with E-state index in [-0.39, 0.29) is 11.1 Å². The number of rotatable bonds is 3. The Morgan fingerprint density at radius 1 is 1.17 bits per heavy atom. The molecule has 0 atom stereocenters. The van der Waals surface area contributed by atoms with Crippen LogP contribution in [0.4, 0.5) is 14.5 Å². The summed E-state index contributed by atoms with van der Waals surface area (Å²) in [6.07, 6.45) is 1.03. The average Bonchev–Trinajstić information content (AvgIpc) is 2.53. The third-order valence-electron chi connectivity index (χ3n) is 3.50. The number of halogens is 2. The first-order valence-corrected chi connectivity index (χ1v) is 6.87. The van der Waals surface area contributed by atoms with E-state index in [2.05, 4.69) is 5.32 Å². The minimum atomic E-state index is -1.10. The van der Waals surface area contributed by atoms with Gasteiger partial charge < -0.3 is 5.32 Å². The second-order valence-electron chi connectivity index (χ2n) is 5.01. The summed E-state index contributed by atoms with van der Waals surface area (Å²) in [6, 6.07) is 10.7. The molecule has 5 heteroatoms. The van der Waals surface area contributed by atoms with Gasteiger partial charge in [0, 0.05) is 11.3 Å². The molecule has 1 amide bonds. The summed E-state index contributed by atoms with van der Waals surface area (Å²) in [5.74, 6) is -2.81. The Hall–Kier alpha value is -3.00. The fourth-order valence-corrected chi connectivity index (χ4v) is 2.01. The molecular weight excluding hydrogens is 298 g/mol. The predicted octanol–water partition coefficient (Wildman–Crippen LogP) is 4.13. The zero-order valence-corrected chi connectivity index (χ0v) is 12.7. The third kappa shape index (κ3) is 3.61. The Balaban J connectivity index is 2.32. The first-order valence-electron chi connectivity index (χ1n) is 6.87. The highest BCUT2D eigenvalue weighted by molar-refractivity contribution is 6.10. The van der Waals surface area contributed by atoms with E-state index in [0.29, 0.717) is 5.69 Å². The van der Waals surface area contributed by atoms with Crippen molar-refractivity contribution in [3.05, 3.63) is 70.3 Å². The zero-order valence-electron chi connectivity index (χ0n) is 12.7. The topological polar surface area (TPSA) is 52.9 Å². The number of nitrogens with zero attached hydrogens (tertiary/aromatic N) is 1. The minimum absolute atomic E-state index is 0.155. The summed E-state index contributed by atoms with van der Waals surface area (Å²) in [7, 11) is 0. The van der Waals surface area contributed by atoms with Crippen molar-refractivity contribution in [2.75, 3.05) is 5.32 Å². The maximum Gasteiger partial charge on any atom is 0.266 e. The number of nitriles is 1. The van der Waals surface area contributed by atoms with E-state index in [9.17, 15) is 13.6 Å². The number of nitrogens with one attached hydrogen (secondary N) is 1. The molecule has 0 saturated carbocycles. The summed E-state index contributed by atoms with van der Waals surface area (Å²) < 4.78 is 26.8. The van der Waals surface area contributed by atoms with Crippen LogP contribution in [0, 0.1) is 36.8 Å². The molecule has 0 spiro atoms. The van der Waals surface area contributed by atoms with E-state index in [4.69, 9.17) is 5.26 Å². The molecule has 2 aromatic rings. The molecule has 1 N–H and O–H groups in total. The average molecular weight is 312 g/mol. The van der Waals surface area contributed by atoms with Crippen LogP contribution >= 0.6 is 0 Å². The van der Waals surface area contributed by atoms with E-state index >= 15 is 0 Å². The first kappa shape index (κ1) is 16.4. The minimum Gasteiger partial charge on any atom is -0.321 e. The summed E-state index contributed by atoms with van der Waals surface area (Å²) >= 11 is 0. The van der Waals surface area contributed by atoms with Crippen LogP contribution in [0.15, 0.2) is 42.0 Å². The Morgan fingerprint density at radius 2 is 1.87 bits per heavy atom. The van der Waals surface area contributed by atoms with Gasteiger partial charge in [-0.05, 0) is 43.2 Å². The predicted molar refractivity (Wildman–Crippen MR) is 84.5 cm³/mol. The summed E-state index contributed by atoms with van der Waals surface area (Å²) in [4.78, 5) is 12.2. The second-order valence-corrected chi connectivity index (χ2v) is 5.01. The van der Waals surface area contributed by atoms with Crippen LogP contribution in [0.2, 0.25) is 0 Å². The van der Waals surface area contributed by atoms with Crippen LogP contribution in [-0.2, 0) is 4.79 Å². The fourth-order valence-electron chi connectivity index (χ4n) is 2.01. The van der Waals surface area contributed by atoms with Crippen LogP contribution in [0.1, 0.15) is 16.7 Å². The lowest BCUT2D eigenvalue weighted by Gasteiger charge is -2.09. The molecule has 23 heavy (non-hydrogen) atoms. The van der Waals surface area contributed by atoms with Crippen molar-refractivity contribution < 1.29 is 13.6 Å². The van der Waals surface area contributed by atoms with Crippen LogP contribution < -0.4 is 5.32 Å². The van der Waals surface area contributed by atoms with E-state index in [0.717, 1.165) is 23.3 Å². The maximum absolute atomic E-state index is 13.6. The molecular formula is C18H14F2N2O. The van der Waals surface area contributed by atoms with E-state index in [1.54, 1.807) is 18.2 Å². The summed E-state index contributed by atoms with van der Waals surface area (Å²) in [6.45, 7) is 3.74. The van der Waals surface area contributed by atoms with Gasteiger partial charge in [-0.25, -0.2) is 8.78 Å². The molecule has 0 unspecified atom stereocenters. The molecule has 3 nitrogen and oxygen atoms in total. The van der Waals surface area contributed by atoms with E-state index in [1.165, 1.54) is 12.1 Å². The molecule has 0 aliphatic carbocycles. The van der Waals surface area contributed by atoms with Crippen molar-refractivity contribution in [2.45, 2.75) is 13.8 Å². The molecule has 0 aliphatic rings. The fraction of sp³-hybridized carbons (Fsp3) is 0.111. The molecule has 0 saturated heterocycles. The number of anilines is 1. The van der Waals surface area contributed by atoms with Gasteiger partial charge in [0.25, 0.3) is 5.91 Å². The molecule has 0 heterocycles. The molecule has 0 aromatic heterocycles. The third-order valence-corrected chi connectivity index (χ3v) is 3.50. The van der Waals surface area contributed by atoms with E-state index in [1.807, 2.05) is 19.9 Å². The number of amides is 1. The Kier molecular flexibility index (Phi) is 4.87. The highest BCUT2D eigenvalue weighted by atomic mass is 19.2. The van der Waals surface area contributed by atoms with Gasteiger partial charge in [-0.2, -0.15) is 5.26 Å². The molecule has 0 bridgehead atoms. The number of hydrogen-bond donors (Lipinski definition) is 1. The van der Waals surface area contributed by atoms with Crippen molar-refractivity contribution in [1.82, 2.24) is 0 Å². The highest BCUT2D eigenvalue weighted by Gasteiger charge is 2.13. The van der Waals surface area contributed by atoms with Crippen molar-refractivity contribution in [3.8, 4) is 6.07 Å². The Morgan fingerprint density at radius 3 is 2.57 bits per heavy atom. The molecule has 0 radical (unpaired) electrons. The molecule has 2 aromatic carbocycles. The number of carbonyl (C=O) groups excluding carboxylic acids is 1.